The minimum absolute atomic E-state index is 0.569. The zero-order chi connectivity index (χ0) is 34.7. The van der Waals surface area contributed by atoms with E-state index in [0.29, 0.717) is 0 Å². The smallest absolute Gasteiger partial charge is 0.159 e. The van der Waals surface area contributed by atoms with Crippen LogP contribution in [0.2, 0.25) is 0 Å². The molecule has 2 aromatic heterocycles. The summed E-state index contributed by atoms with van der Waals surface area (Å²) in [6.45, 7) is 0. The summed E-state index contributed by atoms with van der Waals surface area (Å²) in [7, 11) is 0. The van der Waals surface area contributed by atoms with E-state index in [2.05, 4.69) is 169 Å². The fraction of sp³-hybridized carbons (Fsp3) is 0.0204. The lowest BCUT2D eigenvalue weighted by molar-refractivity contribution is 0.436. The van der Waals surface area contributed by atoms with E-state index in [-0.39, 0.29) is 0 Å². The Morgan fingerprint density at radius 2 is 1.04 bits per heavy atom. The molecule has 1 spiro atoms. The summed E-state index contributed by atoms with van der Waals surface area (Å²) in [5, 5.41) is 4.30. The lowest BCUT2D eigenvalue weighted by Crippen LogP contribution is -2.32. The van der Waals surface area contributed by atoms with E-state index in [1.165, 1.54) is 22.3 Å². The molecule has 0 radical (unpaired) electrons. The van der Waals surface area contributed by atoms with Crippen LogP contribution in [0.5, 0.6) is 11.5 Å². The van der Waals surface area contributed by atoms with Gasteiger partial charge in [-0.3, -0.25) is 0 Å². The summed E-state index contributed by atoms with van der Waals surface area (Å²) in [6, 6.07) is 62.0. The van der Waals surface area contributed by atoms with Crippen LogP contribution >= 0.6 is 0 Å². The van der Waals surface area contributed by atoms with Gasteiger partial charge in [0.2, 0.25) is 0 Å². The van der Waals surface area contributed by atoms with Gasteiger partial charge < -0.3 is 18.5 Å². The Morgan fingerprint density at radius 3 is 1.87 bits per heavy atom. The van der Waals surface area contributed by atoms with Crippen LogP contribution in [0.4, 0.5) is 17.1 Å². The highest BCUT2D eigenvalue weighted by Gasteiger charge is 2.51. The number of para-hydroxylation sites is 5. The van der Waals surface area contributed by atoms with Crippen molar-refractivity contribution in [2.24, 2.45) is 0 Å². The summed E-state index contributed by atoms with van der Waals surface area (Å²) in [5.74, 6) is 1.75. The van der Waals surface area contributed by atoms with Crippen LogP contribution in [0.1, 0.15) is 22.3 Å². The van der Waals surface area contributed by atoms with Crippen LogP contribution in [0.15, 0.2) is 185 Å². The van der Waals surface area contributed by atoms with Gasteiger partial charge in [0.15, 0.2) is 5.58 Å². The maximum atomic E-state index is 6.90. The molecule has 1 aliphatic heterocycles. The second-order valence-electron chi connectivity index (χ2n) is 14.0. The molecule has 0 unspecified atom stereocenters. The van der Waals surface area contributed by atoms with Crippen molar-refractivity contribution in [3.63, 3.8) is 0 Å². The minimum atomic E-state index is -0.569. The first-order valence-corrected chi connectivity index (χ1v) is 18.0. The zero-order valence-corrected chi connectivity index (χ0v) is 28.4. The third kappa shape index (κ3) is 3.74. The molecule has 0 atom stereocenters. The monoisotopic (exact) mass is 679 g/mol. The molecule has 8 aromatic carbocycles. The third-order valence-corrected chi connectivity index (χ3v) is 11.3. The van der Waals surface area contributed by atoms with E-state index in [0.717, 1.165) is 83.6 Å². The van der Waals surface area contributed by atoms with Gasteiger partial charge >= 0.3 is 0 Å². The molecule has 4 heteroatoms. The maximum Gasteiger partial charge on any atom is 0.159 e. The number of ether oxygens (including phenoxy) is 1. The summed E-state index contributed by atoms with van der Waals surface area (Å²) < 4.78 is 20.1. The van der Waals surface area contributed by atoms with E-state index in [1.807, 2.05) is 12.1 Å². The largest absolute Gasteiger partial charge is 0.457 e. The molecule has 2 aliphatic rings. The van der Waals surface area contributed by atoms with Crippen molar-refractivity contribution in [2.75, 3.05) is 4.90 Å². The summed E-state index contributed by atoms with van der Waals surface area (Å²) >= 11 is 0. The van der Waals surface area contributed by atoms with Gasteiger partial charge in [0.1, 0.15) is 28.2 Å². The molecule has 3 heterocycles. The van der Waals surface area contributed by atoms with Gasteiger partial charge in [0.25, 0.3) is 0 Å². The number of nitrogens with zero attached hydrogens (tertiary/aromatic N) is 1. The summed E-state index contributed by atoms with van der Waals surface area (Å²) in [4.78, 5) is 2.32. The number of furan rings is 2. The first kappa shape index (κ1) is 28.6. The highest BCUT2D eigenvalue weighted by molar-refractivity contribution is 6.17. The van der Waals surface area contributed by atoms with Crippen molar-refractivity contribution in [1.29, 1.82) is 0 Å². The van der Waals surface area contributed by atoms with Crippen LogP contribution < -0.4 is 9.64 Å². The van der Waals surface area contributed by atoms with E-state index in [9.17, 15) is 0 Å². The van der Waals surface area contributed by atoms with Crippen LogP contribution in [-0.2, 0) is 5.41 Å². The van der Waals surface area contributed by atoms with Crippen molar-refractivity contribution < 1.29 is 13.6 Å². The van der Waals surface area contributed by atoms with Gasteiger partial charge in [-0.25, -0.2) is 0 Å². The number of anilines is 3. The molecule has 12 rings (SSSR count). The minimum Gasteiger partial charge on any atom is -0.457 e. The number of fused-ring (bicyclic) bond motifs is 15. The fourth-order valence-electron chi connectivity index (χ4n) is 9.23. The van der Waals surface area contributed by atoms with Gasteiger partial charge in [-0.1, -0.05) is 115 Å². The van der Waals surface area contributed by atoms with E-state index in [4.69, 9.17) is 13.6 Å². The van der Waals surface area contributed by atoms with Crippen molar-refractivity contribution >= 4 is 60.9 Å². The van der Waals surface area contributed by atoms with Crippen LogP contribution in [0, 0.1) is 0 Å². The summed E-state index contributed by atoms with van der Waals surface area (Å²) in [5.41, 5.74) is 13.0. The molecular formula is C49H29NO3. The topological polar surface area (TPSA) is 38.8 Å². The lowest BCUT2D eigenvalue weighted by Gasteiger charge is -2.39. The Kier molecular flexibility index (Phi) is 5.67. The molecule has 0 bridgehead atoms. The SMILES string of the molecule is c1ccc(N(c2cccc3c2oc2ccccc23)c2cccc3oc4cc5c(cc4c23)-c2ccccc2C52c3ccccc3Oc3ccccc32)cc1. The molecule has 0 N–H and O–H groups in total. The Bertz CT molecular complexity index is 3070. The van der Waals surface area contributed by atoms with Gasteiger partial charge in [-0.2, -0.15) is 0 Å². The second kappa shape index (κ2) is 10.5. The molecule has 53 heavy (non-hydrogen) atoms. The maximum absolute atomic E-state index is 6.90. The second-order valence-corrected chi connectivity index (χ2v) is 14.0. The summed E-state index contributed by atoms with van der Waals surface area (Å²) in [6.07, 6.45) is 0. The molecule has 0 fully saturated rings. The predicted molar refractivity (Wildman–Crippen MR) is 213 cm³/mol. The molecular weight excluding hydrogens is 651 g/mol. The Morgan fingerprint density at radius 1 is 0.396 bits per heavy atom. The number of rotatable bonds is 3. The van der Waals surface area contributed by atoms with Gasteiger partial charge in [0, 0.05) is 33.0 Å². The Labute approximate surface area is 304 Å². The zero-order valence-electron chi connectivity index (χ0n) is 28.4. The molecule has 10 aromatic rings. The molecule has 1 aliphatic carbocycles. The molecule has 0 saturated heterocycles. The van der Waals surface area contributed by atoms with E-state index in [1.54, 1.807) is 0 Å². The predicted octanol–water partition coefficient (Wildman–Crippen LogP) is 13.4. The Balaban J connectivity index is 1.17. The van der Waals surface area contributed by atoms with E-state index >= 15 is 0 Å². The van der Waals surface area contributed by atoms with Gasteiger partial charge in [-0.15, -0.1) is 0 Å². The standard InChI is InChI=1S/C49H29NO3/c1-2-14-30(15-3-1)50(41-23-12-18-33-32-17-5-9-24-42(32)53-48(33)41)40-22-13-27-45-47(40)35-28-34-31-16-4-6-19-36(31)49(39(34)29-46(35)52-45)37-20-7-10-25-43(37)51-44-26-11-8-21-38(44)49/h1-29H. The molecule has 4 nitrogen and oxygen atoms in total. The van der Waals surface area contributed by atoms with Crippen LogP contribution in [0.3, 0.4) is 0 Å². The highest BCUT2D eigenvalue weighted by atomic mass is 16.5. The van der Waals surface area contributed by atoms with Gasteiger partial charge in [0.05, 0.1) is 22.2 Å². The van der Waals surface area contributed by atoms with Crippen molar-refractivity contribution in [3.05, 3.63) is 198 Å². The molecule has 248 valence electrons. The van der Waals surface area contributed by atoms with E-state index < -0.39 is 5.41 Å². The van der Waals surface area contributed by atoms with Crippen LogP contribution in [0.25, 0.3) is 55.0 Å². The normalized spacial score (nSPS) is 13.6. The van der Waals surface area contributed by atoms with Crippen molar-refractivity contribution in [1.82, 2.24) is 0 Å². The van der Waals surface area contributed by atoms with Gasteiger partial charge in [-0.05, 0) is 82.9 Å². The number of hydrogen-bond acceptors (Lipinski definition) is 4. The lowest BCUT2D eigenvalue weighted by atomic mass is 9.66. The van der Waals surface area contributed by atoms with Crippen LogP contribution in [-0.4, -0.2) is 0 Å². The Hall–Kier alpha value is -7.04. The quantitative estimate of drug-likeness (QED) is 0.186. The number of hydrogen-bond donors (Lipinski definition) is 0. The van der Waals surface area contributed by atoms with Crippen molar-refractivity contribution in [2.45, 2.75) is 5.41 Å². The third-order valence-electron chi connectivity index (χ3n) is 11.3. The average Bonchev–Trinajstić information content (AvgIpc) is 3.87. The first-order chi connectivity index (χ1) is 26.3. The fourth-order valence-corrected chi connectivity index (χ4v) is 9.23. The highest BCUT2D eigenvalue weighted by Crippen LogP contribution is 2.63. The molecule has 0 amide bonds. The first-order valence-electron chi connectivity index (χ1n) is 18.0. The number of benzene rings is 8. The average molecular weight is 680 g/mol. The van der Waals surface area contributed by atoms with Crippen molar-refractivity contribution in [3.8, 4) is 22.6 Å². The molecule has 0 saturated carbocycles.